The highest BCUT2D eigenvalue weighted by molar-refractivity contribution is 9.10. The Hall–Kier alpha value is -0.740. The van der Waals surface area contributed by atoms with Crippen molar-refractivity contribution in [2.24, 2.45) is 11.1 Å². The number of hydrogen-bond acceptors (Lipinski definition) is 3. The van der Waals surface area contributed by atoms with Crippen LogP contribution in [0.5, 0.6) is 11.5 Å². The van der Waals surface area contributed by atoms with Crippen molar-refractivity contribution in [1.29, 1.82) is 0 Å². The Kier molecular flexibility index (Phi) is 2.79. The quantitative estimate of drug-likeness (QED) is 0.912. The SMILES string of the molecule is NCCc1cc(Br)c2c(c1)OCC1(CC1)CO2. The molecule has 0 bridgehead atoms. The minimum Gasteiger partial charge on any atom is -0.489 e. The molecule has 0 atom stereocenters. The second kappa shape index (κ2) is 4.18. The minimum absolute atomic E-state index is 0.284. The lowest BCUT2D eigenvalue weighted by Crippen LogP contribution is -2.17. The molecule has 3 nitrogen and oxygen atoms in total. The van der Waals surface area contributed by atoms with Crippen LogP contribution in [0.2, 0.25) is 0 Å². The van der Waals surface area contributed by atoms with Crippen molar-refractivity contribution in [3.8, 4) is 11.5 Å². The van der Waals surface area contributed by atoms with Gasteiger partial charge in [0.25, 0.3) is 0 Å². The fraction of sp³-hybridized carbons (Fsp3) is 0.538. The fourth-order valence-electron chi connectivity index (χ4n) is 2.14. The first-order chi connectivity index (χ1) is 8.22. The van der Waals surface area contributed by atoms with Crippen LogP contribution in [-0.2, 0) is 6.42 Å². The molecule has 2 N–H and O–H groups in total. The third-order valence-electron chi connectivity index (χ3n) is 3.52. The molecular formula is C13H16BrNO2. The van der Waals surface area contributed by atoms with Crippen LogP contribution in [0, 0.1) is 5.41 Å². The molecule has 1 fully saturated rings. The van der Waals surface area contributed by atoms with Gasteiger partial charge in [-0.15, -0.1) is 0 Å². The van der Waals surface area contributed by atoms with Gasteiger partial charge in [-0.2, -0.15) is 0 Å². The molecule has 0 radical (unpaired) electrons. The maximum atomic E-state index is 5.90. The number of hydrogen-bond donors (Lipinski definition) is 1. The molecule has 0 unspecified atom stereocenters. The standard InChI is InChI=1S/C13H16BrNO2/c14-10-5-9(1-4-15)6-11-12(10)17-8-13(2-3-13)7-16-11/h5-6H,1-4,7-8,15H2. The van der Waals surface area contributed by atoms with Crippen molar-refractivity contribution in [2.45, 2.75) is 19.3 Å². The van der Waals surface area contributed by atoms with Crippen LogP contribution in [0.1, 0.15) is 18.4 Å². The molecule has 92 valence electrons. The number of rotatable bonds is 2. The normalized spacial score (nSPS) is 20.1. The third kappa shape index (κ3) is 2.16. The van der Waals surface area contributed by atoms with E-state index in [4.69, 9.17) is 15.2 Å². The fourth-order valence-corrected chi connectivity index (χ4v) is 2.75. The molecular weight excluding hydrogens is 282 g/mol. The van der Waals surface area contributed by atoms with Crippen molar-refractivity contribution in [3.63, 3.8) is 0 Å². The first-order valence-corrected chi connectivity index (χ1v) is 6.80. The van der Waals surface area contributed by atoms with Gasteiger partial charge in [0.05, 0.1) is 17.7 Å². The van der Waals surface area contributed by atoms with Crippen molar-refractivity contribution in [1.82, 2.24) is 0 Å². The summed E-state index contributed by atoms with van der Waals surface area (Å²) < 4.78 is 12.8. The summed E-state index contributed by atoms with van der Waals surface area (Å²) in [5.41, 5.74) is 7.06. The molecule has 1 aromatic carbocycles. The molecule has 2 aliphatic rings. The van der Waals surface area contributed by atoms with Gasteiger partial charge >= 0.3 is 0 Å². The minimum atomic E-state index is 0.284. The van der Waals surface area contributed by atoms with Crippen LogP contribution in [-0.4, -0.2) is 19.8 Å². The molecule has 1 spiro atoms. The van der Waals surface area contributed by atoms with Gasteiger partial charge in [-0.05, 0) is 59.4 Å². The first kappa shape index (κ1) is 11.4. The van der Waals surface area contributed by atoms with Gasteiger partial charge in [-0.3, -0.25) is 0 Å². The molecule has 0 aromatic heterocycles. The van der Waals surface area contributed by atoms with Crippen molar-refractivity contribution < 1.29 is 9.47 Å². The molecule has 1 aliphatic carbocycles. The van der Waals surface area contributed by atoms with Gasteiger partial charge in [-0.1, -0.05) is 0 Å². The summed E-state index contributed by atoms with van der Waals surface area (Å²) in [5, 5.41) is 0. The van der Waals surface area contributed by atoms with Gasteiger partial charge in [0.1, 0.15) is 0 Å². The lowest BCUT2D eigenvalue weighted by molar-refractivity contribution is 0.196. The highest BCUT2D eigenvalue weighted by Crippen LogP contribution is 2.50. The predicted molar refractivity (Wildman–Crippen MR) is 69.6 cm³/mol. The van der Waals surface area contributed by atoms with Crippen LogP contribution in [0.15, 0.2) is 16.6 Å². The van der Waals surface area contributed by atoms with Gasteiger partial charge in [0.2, 0.25) is 0 Å². The van der Waals surface area contributed by atoms with Crippen LogP contribution in [0.3, 0.4) is 0 Å². The number of nitrogens with two attached hydrogens (primary N) is 1. The van der Waals surface area contributed by atoms with E-state index in [1.165, 1.54) is 18.4 Å². The van der Waals surface area contributed by atoms with Crippen LogP contribution in [0.25, 0.3) is 0 Å². The van der Waals surface area contributed by atoms with E-state index in [1.54, 1.807) is 0 Å². The van der Waals surface area contributed by atoms with Crippen LogP contribution >= 0.6 is 15.9 Å². The topological polar surface area (TPSA) is 44.5 Å². The maximum absolute atomic E-state index is 5.90. The van der Waals surface area contributed by atoms with Crippen molar-refractivity contribution in [3.05, 3.63) is 22.2 Å². The number of fused-ring (bicyclic) bond motifs is 1. The highest BCUT2D eigenvalue weighted by atomic mass is 79.9. The monoisotopic (exact) mass is 297 g/mol. The summed E-state index contributed by atoms with van der Waals surface area (Å²) in [5.74, 6) is 1.70. The van der Waals surface area contributed by atoms with E-state index in [0.717, 1.165) is 35.6 Å². The molecule has 1 aromatic rings. The Balaban J connectivity index is 1.91. The average Bonchev–Trinajstić information content (AvgIpc) is 3.08. The van der Waals surface area contributed by atoms with E-state index in [9.17, 15) is 0 Å². The van der Waals surface area contributed by atoms with E-state index in [2.05, 4.69) is 22.0 Å². The molecule has 4 heteroatoms. The Morgan fingerprint density at radius 2 is 2.00 bits per heavy atom. The van der Waals surface area contributed by atoms with Crippen molar-refractivity contribution >= 4 is 15.9 Å². The van der Waals surface area contributed by atoms with E-state index in [0.29, 0.717) is 6.54 Å². The van der Waals surface area contributed by atoms with E-state index in [-0.39, 0.29) is 5.41 Å². The molecule has 17 heavy (non-hydrogen) atoms. The Morgan fingerprint density at radius 1 is 1.24 bits per heavy atom. The zero-order valence-corrected chi connectivity index (χ0v) is 11.3. The molecule has 1 saturated carbocycles. The van der Waals surface area contributed by atoms with Crippen molar-refractivity contribution in [2.75, 3.05) is 19.8 Å². The van der Waals surface area contributed by atoms with Crippen LogP contribution < -0.4 is 15.2 Å². The summed E-state index contributed by atoms with van der Waals surface area (Å²) in [6.07, 6.45) is 3.29. The summed E-state index contributed by atoms with van der Waals surface area (Å²) in [7, 11) is 0. The largest absolute Gasteiger partial charge is 0.489 e. The van der Waals surface area contributed by atoms with Gasteiger partial charge in [-0.25, -0.2) is 0 Å². The lowest BCUT2D eigenvalue weighted by Gasteiger charge is -2.11. The molecule has 1 aliphatic heterocycles. The van der Waals surface area contributed by atoms with Gasteiger partial charge < -0.3 is 15.2 Å². The van der Waals surface area contributed by atoms with Gasteiger partial charge in [0, 0.05) is 5.41 Å². The first-order valence-electron chi connectivity index (χ1n) is 6.01. The molecule has 1 heterocycles. The third-order valence-corrected chi connectivity index (χ3v) is 4.11. The predicted octanol–water partition coefficient (Wildman–Crippen LogP) is 2.50. The molecule has 0 amide bonds. The number of benzene rings is 1. The average molecular weight is 298 g/mol. The zero-order chi connectivity index (χ0) is 11.9. The Labute approximate surface area is 109 Å². The number of ether oxygens (including phenoxy) is 2. The Morgan fingerprint density at radius 3 is 2.71 bits per heavy atom. The molecule has 0 saturated heterocycles. The number of halogens is 1. The molecule has 3 rings (SSSR count). The summed E-state index contributed by atoms with van der Waals surface area (Å²) >= 11 is 3.55. The second-order valence-electron chi connectivity index (χ2n) is 5.02. The van der Waals surface area contributed by atoms with Gasteiger partial charge in [0.15, 0.2) is 11.5 Å². The van der Waals surface area contributed by atoms with E-state index < -0.39 is 0 Å². The van der Waals surface area contributed by atoms with E-state index in [1.807, 2.05) is 6.07 Å². The smallest absolute Gasteiger partial charge is 0.175 e. The maximum Gasteiger partial charge on any atom is 0.175 e. The lowest BCUT2D eigenvalue weighted by atomic mass is 10.1. The zero-order valence-electron chi connectivity index (χ0n) is 9.67. The summed E-state index contributed by atoms with van der Waals surface area (Å²) in [6, 6.07) is 4.12. The highest BCUT2D eigenvalue weighted by Gasteiger charge is 2.46. The second-order valence-corrected chi connectivity index (χ2v) is 5.88. The Bertz CT molecular complexity index is 443. The summed E-state index contributed by atoms with van der Waals surface area (Å²) in [4.78, 5) is 0. The summed E-state index contributed by atoms with van der Waals surface area (Å²) in [6.45, 7) is 2.20. The van der Waals surface area contributed by atoms with Crippen LogP contribution in [0.4, 0.5) is 0 Å². The van der Waals surface area contributed by atoms with E-state index >= 15 is 0 Å².